The molecule has 1 aliphatic carbocycles. The first-order valence-electron chi connectivity index (χ1n) is 13.8. The zero-order chi connectivity index (χ0) is 28.6. The van der Waals surface area contributed by atoms with Crippen LogP contribution in [0.1, 0.15) is 25.0 Å². The first kappa shape index (κ1) is 24.6. The largest absolute Gasteiger partial charge is 0.277 e. The summed E-state index contributed by atoms with van der Waals surface area (Å²) in [5.41, 5.74) is 7.95. The number of nitrogens with zero attached hydrogens (tertiary/aromatic N) is 4. The highest BCUT2D eigenvalue weighted by Crippen LogP contribution is 2.52. The Morgan fingerprint density at radius 3 is 1.83 bits per heavy atom. The Balaban J connectivity index is 1.49. The van der Waals surface area contributed by atoms with E-state index < -0.39 is 0 Å². The smallest absolute Gasteiger partial charge is 0.238 e. The van der Waals surface area contributed by atoms with Crippen LogP contribution in [0.4, 0.5) is 8.78 Å². The maximum atomic E-state index is 13.9. The first-order chi connectivity index (χ1) is 20.4. The van der Waals surface area contributed by atoms with Gasteiger partial charge in [-0.05, 0) is 76.9 Å². The van der Waals surface area contributed by atoms with Crippen molar-refractivity contribution >= 4 is 21.8 Å². The zero-order valence-electron chi connectivity index (χ0n) is 22.9. The van der Waals surface area contributed by atoms with Crippen LogP contribution in [0.2, 0.25) is 0 Å². The maximum absolute atomic E-state index is 13.9. The minimum atomic E-state index is -0.341. The molecule has 6 heteroatoms. The normalized spacial score (nSPS) is 13.4. The zero-order valence-corrected chi connectivity index (χ0v) is 22.9. The van der Waals surface area contributed by atoms with Crippen LogP contribution in [-0.4, -0.2) is 19.5 Å². The van der Waals surface area contributed by atoms with Crippen LogP contribution in [0.25, 0.3) is 61.7 Å². The minimum Gasteiger partial charge on any atom is -0.277 e. The fourth-order valence-corrected chi connectivity index (χ4v) is 6.44. The van der Waals surface area contributed by atoms with Crippen molar-refractivity contribution in [3.63, 3.8) is 0 Å². The number of fused-ring (bicyclic) bond motifs is 7. The molecular weight excluding hydrogens is 526 g/mol. The van der Waals surface area contributed by atoms with Gasteiger partial charge < -0.3 is 0 Å². The maximum Gasteiger partial charge on any atom is 0.238 e. The average molecular weight is 551 g/mol. The molecule has 0 N–H and O–H groups in total. The Labute approximate surface area is 241 Å². The highest BCUT2D eigenvalue weighted by Gasteiger charge is 2.38. The standard InChI is InChI=1S/C36H24F2N4/c1-36(2)29-9-5-3-7-25(29)27-19-20-28-26-8-4-6-10-30(26)42(32(28)31(27)36)35-40-33(21-11-15-23(37)16-12-21)39-34(41-35)22-13-17-24(38)18-14-22/h3-20H,1-2H3. The van der Waals surface area contributed by atoms with E-state index in [9.17, 15) is 8.78 Å². The molecule has 0 radical (unpaired) electrons. The van der Waals surface area contributed by atoms with Crippen LogP contribution in [0.5, 0.6) is 0 Å². The lowest BCUT2D eigenvalue weighted by Crippen LogP contribution is -2.17. The highest BCUT2D eigenvalue weighted by molar-refractivity contribution is 6.12. The van der Waals surface area contributed by atoms with Gasteiger partial charge in [0.05, 0.1) is 11.0 Å². The summed E-state index contributed by atoms with van der Waals surface area (Å²) in [4.78, 5) is 14.7. The molecule has 42 heavy (non-hydrogen) atoms. The molecule has 0 aliphatic heterocycles. The second-order valence-corrected chi connectivity index (χ2v) is 11.2. The van der Waals surface area contributed by atoms with E-state index in [2.05, 4.69) is 66.9 Å². The highest BCUT2D eigenvalue weighted by atomic mass is 19.1. The summed E-state index contributed by atoms with van der Waals surface area (Å²) in [6, 6.07) is 33.4. The van der Waals surface area contributed by atoms with E-state index >= 15 is 0 Å². The quantitative estimate of drug-likeness (QED) is 0.221. The predicted molar refractivity (Wildman–Crippen MR) is 163 cm³/mol. The Kier molecular flexibility index (Phi) is 5.19. The number of hydrogen-bond acceptors (Lipinski definition) is 3. The van der Waals surface area contributed by atoms with Crippen molar-refractivity contribution in [1.82, 2.24) is 19.5 Å². The van der Waals surface area contributed by atoms with Crippen LogP contribution in [0.15, 0.2) is 109 Å². The van der Waals surface area contributed by atoms with E-state index in [-0.39, 0.29) is 17.0 Å². The van der Waals surface area contributed by atoms with E-state index in [0.717, 1.165) is 21.8 Å². The van der Waals surface area contributed by atoms with E-state index in [0.29, 0.717) is 28.7 Å². The lowest BCUT2D eigenvalue weighted by Gasteiger charge is -2.23. The molecule has 1 aliphatic rings. The second kappa shape index (κ2) is 8.88. The molecule has 7 aromatic rings. The molecule has 2 heterocycles. The molecule has 0 saturated heterocycles. The van der Waals surface area contributed by atoms with Crippen molar-refractivity contribution in [2.24, 2.45) is 0 Å². The van der Waals surface area contributed by atoms with E-state index in [4.69, 9.17) is 15.0 Å². The van der Waals surface area contributed by atoms with Crippen molar-refractivity contribution in [2.45, 2.75) is 19.3 Å². The fourth-order valence-electron chi connectivity index (χ4n) is 6.44. The van der Waals surface area contributed by atoms with Gasteiger partial charge in [-0.15, -0.1) is 0 Å². The molecule has 0 amide bonds. The summed E-state index contributed by atoms with van der Waals surface area (Å²) in [5.74, 6) is 0.564. The number of aromatic nitrogens is 4. The minimum absolute atomic E-state index is 0.274. The van der Waals surface area contributed by atoms with Gasteiger partial charge in [0.2, 0.25) is 5.95 Å². The van der Waals surface area contributed by atoms with Gasteiger partial charge in [0.1, 0.15) is 11.6 Å². The van der Waals surface area contributed by atoms with Gasteiger partial charge in [-0.3, -0.25) is 4.57 Å². The van der Waals surface area contributed by atoms with Crippen molar-refractivity contribution in [3.8, 4) is 39.9 Å². The Morgan fingerprint density at radius 1 is 0.571 bits per heavy atom. The molecule has 0 bridgehead atoms. The van der Waals surface area contributed by atoms with Crippen molar-refractivity contribution < 1.29 is 8.78 Å². The fraction of sp³-hybridized carbons (Fsp3) is 0.0833. The third-order valence-corrected chi connectivity index (χ3v) is 8.38. The van der Waals surface area contributed by atoms with Crippen molar-refractivity contribution in [2.75, 3.05) is 0 Å². The SMILES string of the molecule is CC1(C)c2ccccc2-c2ccc3c4ccccc4n(-c4nc(-c5ccc(F)cc5)nc(-c5ccc(F)cc5)n4)c3c21. The molecule has 5 aromatic carbocycles. The molecule has 8 rings (SSSR count). The van der Waals surface area contributed by atoms with E-state index in [1.807, 2.05) is 12.1 Å². The summed E-state index contributed by atoms with van der Waals surface area (Å²) >= 11 is 0. The summed E-state index contributed by atoms with van der Waals surface area (Å²) in [6.07, 6.45) is 0. The number of halogens is 2. The Morgan fingerprint density at radius 2 is 1.17 bits per heavy atom. The molecule has 0 unspecified atom stereocenters. The third-order valence-electron chi connectivity index (χ3n) is 8.38. The number of hydrogen-bond donors (Lipinski definition) is 0. The van der Waals surface area contributed by atoms with Crippen LogP contribution in [0.3, 0.4) is 0 Å². The first-order valence-corrected chi connectivity index (χ1v) is 13.8. The number of rotatable bonds is 3. The molecule has 0 atom stereocenters. The van der Waals surface area contributed by atoms with Gasteiger partial charge >= 0.3 is 0 Å². The average Bonchev–Trinajstić information content (AvgIpc) is 3.47. The molecule has 4 nitrogen and oxygen atoms in total. The second-order valence-electron chi connectivity index (χ2n) is 11.2. The Hall–Kier alpha value is -5.23. The molecule has 0 fully saturated rings. The van der Waals surface area contributed by atoms with Gasteiger partial charge in [-0.25, -0.2) is 13.8 Å². The van der Waals surface area contributed by atoms with Gasteiger partial charge in [0, 0.05) is 27.3 Å². The molecule has 0 spiro atoms. The van der Waals surface area contributed by atoms with Gasteiger partial charge in [-0.2, -0.15) is 9.97 Å². The summed E-state index contributed by atoms with van der Waals surface area (Å²) < 4.78 is 29.8. The number of para-hydroxylation sites is 1. The van der Waals surface area contributed by atoms with Gasteiger partial charge in [0.15, 0.2) is 11.6 Å². The molecule has 2 aromatic heterocycles. The van der Waals surface area contributed by atoms with Crippen molar-refractivity contribution in [1.29, 1.82) is 0 Å². The topological polar surface area (TPSA) is 43.6 Å². The summed E-state index contributed by atoms with van der Waals surface area (Å²) in [5, 5.41) is 2.20. The van der Waals surface area contributed by atoms with Gasteiger partial charge in [-0.1, -0.05) is 68.4 Å². The molecule has 0 saturated carbocycles. The van der Waals surface area contributed by atoms with Gasteiger partial charge in [0.25, 0.3) is 0 Å². The lowest BCUT2D eigenvalue weighted by atomic mass is 9.81. The van der Waals surface area contributed by atoms with Crippen LogP contribution < -0.4 is 0 Å². The van der Waals surface area contributed by atoms with E-state index in [1.165, 1.54) is 46.5 Å². The monoisotopic (exact) mass is 550 g/mol. The van der Waals surface area contributed by atoms with Crippen molar-refractivity contribution in [3.05, 3.63) is 132 Å². The number of benzene rings is 5. The van der Waals surface area contributed by atoms with E-state index in [1.54, 1.807) is 24.3 Å². The van der Waals surface area contributed by atoms with Crippen LogP contribution >= 0.6 is 0 Å². The van der Waals surface area contributed by atoms with Crippen LogP contribution in [0, 0.1) is 11.6 Å². The van der Waals surface area contributed by atoms with Crippen LogP contribution in [-0.2, 0) is 5.41 Å². The summed E-state index contributed by atoms with van der Waals surface area (Å²) in [7, 11) is 0. The third kappa shape index (κ3) is 3.54. The summed E-state index contributed by atoms with van der Waals surface area (Å²) in [6.45, 7) is 4.53. The predicted octanol–water partition coefficient (Wildman–Crippen LogP) is 8.89. The Bertz CT molecular complexity index is 2120. The molecular formula is C36H24F2N4. The molecule has 202 valence electrons. The lowest BCUT2D eigenvalue weighted by molar-refractivity contribution is 0.627.